The van der Waals surface area contributed by atoms with Gasteiger partial charge in [0.25, 0.3) is 5.91 Å². The van der Waals surface area contributed by atoms with E-state index in [1.54, 1.807) is 19.1 Å². The molecule has 7 heteroatoms. The molecule has 6 nitrogen and oxygen atoms in total. The van der Waals surface area contributed by atoms with Gasteiger partial charge in [-0.25, -0.2) is 0 Å². The number of aliphatic hydroxyl groups is 1. The van der Waals surface area contributed by atoms with Crippen LogP contribution in [0.4, 0.5) is 0 Å². The van der Waals surface area contributed by atoms with Gasteiger partial charge < -0.3 is 10.0 Å². The van der Waals surface area contributed by atoms with E-state index >= 15 is 0 Å². The van der Waals surface area contributed by atoms with Crippen molar-refractivity contribution in [3.05, 3.63) is 40.7 Å². The monoisotopic (exact) mass is 348 g/mol. The zero-order valence-electron chi connectivity index (χ0n) is 13.7. The van der Waals surface area contributed by atoms with Gasteiger partial charge in [-0.1, -0.05) is 17.7 Å². The van der Waals surface area contributed by atoms with Gasteiger partial charge in [-0.3, -0.25) is 4.79 Å². The van der Waals surface area contributed by atoms with E-state index in [9.17, 15) is 4.79 Å². The number of hydrogen-bond donors (Lipinski definition) is 1. The van der Waals surface area contributed by atoms with Crippen molar-refractivity contribution in [1.29, 1.82) is 0 Å². The molecule has 2 aromatic rings. The van der Waals surface area contributed by atoms with Gasteiger partial charge in [-0.2, -0.15) is 9.90 Å². The summed E-state index contributed by atoms with van der Waals surface area (Å²) in [6.07, 6.45) is 3.56. The maximum absolute atomic E-state index is 12.9. The van der Waals surface area contributed by atoms with Crippen molar-refractivity contribution in [2.45, 2.75) is 38.6 Å². The molecular formula is C17H21ClN4O2. The lowest BCUT2D eigenvalue weighted by Gasteiger charge is -2.21. The summed E-state index contributed by atoms with van der Waals surface area (Å²) in [5.74, 6) is -0.0822. The molecular weight excluding hydrogens is 328 g/mol. The molecule has 1 amide bonds. The topological polar surface area (TPSA) is 71.2 Å². The van der Waals surface area contributed by atoms with Gasteiger partial charge in [0.05, 0.1) is 11.4 Å². The molecule has 1 aromatic carbocycles. The molecule has 0 spiro atoms. The highest BCUT2D eigenvalue weighted by Crippen LogP contribution is 2.28. The van der Waals surface area contributed by atoms with Gasteiger partial charge in [0.15, 0.2) is 5.69 Å². The van der Waals surface area contributed by atoms with E-state index in [2.05, 4.69) is 10.2 Å². The number of nitrogens with zero attached hydrogens (tertiary/aromatic N) is 4. The van der Waals surface area contributed by atoms with Crippen LogP contribution in [-0.2, 0) is 0 Å². The number of amides is 1. The number of rotatable bonds is 7. The molecule has 0 bridgehead atoms. The van der Waals surface area contributed by atoms with Crippen LogP contribution < -0.4 is 0 Å². The van der Waals surface area contributed by atoms with Crippen LogP contribution in [-0.4, -0.2) is 50.1 Å². The van der Waals surface area contributed by atoms with Crippen molar-refractivity contribution >= 4 is 17.5 Å². The maximum atomic E-state index is 12.9. The zero-order valence-corrected chi connectivity index (χ0v) is 14.4. The van der Waals surface area contributed by atoms with Gasteiger partial charge in [0, 0.05) is 24.2 Å². The Bertz CT molecular complexity index is 727. The molecule has 24 heavy (non-hydrogen) atoms. The molecule has 1 saturated carbocycles. The van der Waals surface area contributed by atoms with Gasteiger partial charge in [0.2, 0.25) is 0 Å². The summed E-state index contributed by atoms with van der Waals surface area (Å²) >= 11 is 6.01. The third kappa shape index (κ3) is 3.76. The van der Waals surface area contributed by atoms with Crippen molar-refractivity contribution in [3.63, 3.8) is 0 Å². The predicted molar refractivity (Wildman–Crippen MR) is 91.5 cm³/mol. The first-order chi connectivity index (χ1) is 11.6. The van der Waals surface area contributed by atoms with Crippen molar-refractivity contribution in [3.8, 4) is 5.69 Å². The van der Waals surface area contributed by atoms with Crippen LogP contribution in [0.25, 0.3) is 5.69 Å². The summed E-state index contributed by atoms with van der Waals surface area (Å²) in [5, 5.41) is 18.3. The lowest BCUT2D eigenvalue weighted by Crippen LogP contribution is -2.34. The molecule has 1 aromatic heterocycles. The van der Waals surface area contributed by atoms with Crippen molar-refractivity contribution in [2.24, 2.45) is 0 Å². The Balaban J connectivity index is 1.81. The average Bonchev–Trinajstić information content (AvgIpc) is 3.32. The summed E-state index contributed by atoms with van der Waals surface area (Å²) < 4.78 is 0. The summed E-state index contributed by atoms with van der Waals surface area (Å²) in [7, 11) is 0. The Labute approximate surface area is 146 Å². The van der Waals surface area contributed by atoms with E-state index in [0.29, 0.717) is 35.4 Å². The SMILES string of the molecule is Cc1nn(-c2cccc(Cl)c2)nc1C(=O)N(CCCCO)C1CC1. The number of hydrogen-bond acceptors (Lipinski definition) is 4. The predicted octanol–water partition coefficient (Wildman–Crippen LogP) is 2.61. The largest absolute Gasteiger partial charge is 0.396 e. The van der Waals surface area contributed by atoms with E-state index in [-0.39, 0.29) is 12.5 Å². The second-order valence-corrected chi connectivity index (χ2v) is 6.50. The number of aryl methyl sites for hydroxylation is 1. The summed E-state index contributed by atoms with van der Waals surface area (Å²) in [5.41, 5.74) is 1.71. The van der Waals surface area contributed by atoms with Gasteiger partial charge in [-0.15, -0.1) is 5.10 Å². The fraction of sp³-hybridized carbons (Fsp3) is 0.471. The van der Waals surface area contributed by atoms with E-state index in [0.717, 1.165) is 24.9 Å². The van der Waals surface area contributed by atoms with Crippen molar-refractivity contribution < 1.29 is 9.90 Å². The molecule has 0 unspecified atom stereocenters. The van der Waals surface area contributed by atoms with Gasteiger partial charge >= 0.3 is 0 Å². The van der Waals surface area contributed by atoms with Crippen molar-refractivity contribution in [2.75, 3.05) is 13.2 Å². The zero-order chi connectivity index (χ0) is 17.1. The van der Waals surface area contributed by atoms with Crippen LogP contribution in [0.2, 0.25) is 5.02 Å². The highest BCUT2D eigenvalue weighted by Gasteiger charge is 2.34. The number of aliphatic hydroxyl groups excluding tert-OH is 1. The Morgan fingerprint density at radius 2 is 2.17 bits per heavy atom. The van der Waals surface area contributed by atoms with E-state index in [1.165, 1.54) is 4.80 Å². The Morgan fingerprint density at radius 3 is 2.83 bits per heavy atom. The van der Waals surface area contributed by atoms with E-state index in [4.69, 9.17) is 16.7 Å². The first-order valence-corrected chi connectivity index (χ1v) is 8.59. The lowest BCUT2D eigenvalue weighted by molar-refractivity contribution is 0.0730. The normalized spacial score (nSPS) is 14.0. The van der Waals surface area contributed by atoms with E-state index < -0.39 is 0 Å². The molecule has 1 aliphatic carbocycles. The minimum atomic E-state index is -0.0822. The van der Waals surface area contributed by atoms with E-state index in [1.807, 2.05) is 17.0 Å². The Hall–Kier alpha value is -1.92. The minimum Gasteiger partial charge on any atom is -0.396 e. The third-order valence-corrected chi connectivity index (χ3v) is 4.31. The number of carbonyl (C=O) groups excluding carboxylic acids is 1. The van der Waals surface area contributed by atoms with Crippen LogP contribution >= 0.6 is 11.6 Å². The van der Waals surface area contributed by atoms with Crippen LogP contribution in [0, 0.1) is 6.92 Å². The second kappa shape index (κ2) is 7.32. The maximum Gasteiger partial charge on any atom is 0.276 e. The molecule has 0 atom stereocenters. The number of halogens is 1. The number of benzene rings is 1. The molecule has 1 aliphatic rings. The molecule has 1 heterocycles. The first-order valence-electron chi connectivity index (χ1n) is 8.22. The van der Waals surface area contributed by atoms with Crippen LogP contribution in [0.15, 0.2) is 24.3 Å². The number of aromatic nitrogens is 3. The third-order valence-electron chi connectivity index (χ3n) is 4.08. The highest BCUT2D eigenvalue weighted by molar-refractivity contribution is 6.30. The Kier molecular flexibility index (Phi) is 5.16. The fourth-order valence-corrected chi connectivity index (χ4v) is 2.84. The smallest absolute Gasteiger partial charge is 0.276 e. The molecule has 0 saturated heterocycles. The quantitative estimate of drug-likeness (QED) is 0.781. The summed E-state index contributed by atoms with van der Waals surface area (Å²) in [6.45, 7) is 2.59. The summed E-state index contributed by atoms with van der Waals surface area (Å²) in [6, 6.07) is 7.51. The number of carbonyl (C=O) groups is 1. The average molecular weight is 349 g/mol. The Morgan fingerprint density at radius 1 is 1.38 bits per heavy atom. The lowest BCUT2D eigenvalue weighted by atomic mass is 10.2. The molecule has 0 aliphatic heterocycles. The molecule has 0 radical (unpaired) electrons. The van der Waals surface area contributed by atoms with Crippen molar-refractivity contribution in [1.82, 2.24) is 19.9 Å². The molecule has 1 fully saturated rings. The highest BCUT2D eigenvalue weighted by atomic mass is 35.5. The first kappa shape index (κ1) is 16.9. The van der Waals surface area contributed by atoms with Crippen LogP contribution in [0.5, 0.6) is 0 Å². The van der Waals surface area contributed by atoms with Crippen LogP contribution in [0.3, 0.4) is 0 Å². The molecule has 1 N–H and O–H groups in total. The minimum absolute atomic E-state index is 0.0822. The van der Waals surface area contributed by atoms with Gasteiger partial charge in [0.1, 0.15) is 0 Å². The molecule has 3 rings (SSSR count). The second-order valence-electron chi connectivity index (χ2n) is 6.06. The fourth-order valence-electron chi connectivity index (χ4n) is 2.66. The van der Waals surface area contributed by atoms with Gasteiger partial charge in [-0.05, 0) is 50.8 Å². The molecule has 128 valence electrons. The number of unbranched alkanes of at least 4 members (excludes halogenated alkanes) is 1. The summed E-state index contributed by atoms with van der Waals surface area (Å²) in [4.78, 5) is 16.2. The van der Waals surface area contributed by atoms with Crippen LogP contribution in [0.1, 0.15) is 41.9 Å². The standard InChI is InChI=1S/C17H21ClN4O2/c1-12-16(17(24)21(14-7-8-14)9-2-3-10-23)20-22(19-12)15-6-4-5-13(18)11-15/h4-6,11,14,23H,2-3,7-10H2,1H3.